The van der Waals surface area contributed by atoms with Crippen molar-refractivity contribution in [2.75, 3.05) is 0 Å². The smallest absolute Gasteiger partial charge is 0.356 e. The van der Waals surface area contributed by atoms with Crippen LogP contribution in [0.5, 0.6) is 0 Å². The van der Waals surface area contributed by atoms with E-state index in [1.807, 2.05) is 0 Å². The van der Waals surface area contributed by atoms with Crippen molar-refractivity contribution in [3.05, 3.63) is 46.0 Å². The summed E-state index contributed by atoms with van der Waals surface area (Å²) in [7, 11) is 0. The maximum absolute atomic E-state index is 8.25. The number of hydrogen-bond acceptors (Lipinski definition) is 9. The molecule has 0 bridgehead atoms. The molecule has 0 amide bonds. The van der Waals surface area contributed by atoms with Crippen LogP contribution >= 0.6 is 0 Å². The third-order valence-electron chi connectivity index (χ3n) is 0. The summed E-state index contributed by atoms with van der Waals surface area (Å²) in [5, 5.41) is 44.2. The summed E-state index contributed by atoms with van der Waals surface area (Å²) in [6.45, 7) is 0. The molecule has 14 heteroatoms. The topological polar surface area (TPSA) is 199 Å². The van der Waals surface area contributed by atoms with Crippen LogP contribution in [0.4, 0.5) is 0 Å². The van der Waals surface area contributed by atoms with Gasteiger partial charge in [-0.2, -0.15) is 0 Å². The fourth-order valence-corrected chi connectivity index (χ4v) is 0. The maximum Gasteiger partial charge on any atom is 2.00 e. The van der Waals surface area contributed by atoms with E-state index in [0.29, 0.717) is 0 Å². The van der Waals surface area contributed by atoms with Crippen molar-refractivity contribution >= 4 is 0 Å². The molecule has 0 saturated carbocycles. The van der Waals surface area contributed by atoms with Gasteiger partial charge in [-0.15, -0.1) is 0 Å². The molecule has 14 heavy (non-hydrogen) atoms. The average Bonchev–Trinajstić information content (AvgIpc) is 1.54. The van der Waals surface area contributed by atoms with E-state index in [1.165, 1.54) is 0 Å². The van der Waals surface area contributed by atoms with Crippen LogP contribution < -0.4 is 51.4 Å². The maximum atomic E-state index is 8.25. The van der Waals surface area contributed by atoms with E-state index in [2.05, 4.69) is 0 Å². The van der Waals surface area contributed by atoms with Gasteiger partial charge in [0, 0.05) is 0 Å². The molecule has 0 aromatic heterocycles. The molecule has 0 fully saturated rings. The van der Waals surface area contributed by atoms with Crippen LogP contribution in [0.15, 0.2) is 0 Å². The third-order valence-corrected chi connectivity index (χ3v) is 0. The summed E-state index contributed by atoms with van der Waals surface area (Å²) < 4.78 is 0. The second kappa shape index (κ2) is 23.0. The van der Waals surface area contributed by atoms with Crippen molar-refractivity contribution in [1.29, 1.82) is 0 Å². The Morgan fingerprint density at radius 2 is 0.571 bits per heavy atom. The molecule has 0 aliphatic rings. The Morgan fingerprint density at radius 3 is 0.571 bits per heavy atom. The van der Waals surface area contributed by atoms with Gasteiger partial charge in [-0.25, -0.2) is 0 Å². The van der Waals surface area contributed by atoms with E-state index in [0.717, 1.165) is 0 Å². The Morgan fingerprint density at radius 1 is 0.571 bits per heavy atom. The molecule has 0 aliphatic heterocycles. The Hall–Kier alpha value is -0.244. The van der Waals surface area contributed by atoms with Crippen LogP contribution in [0.25, 0.3) is 0 Å². The van der Waals surface area contributed by atoms with Crippen molar-refractivity contribution in [1.82, 2.24) is 0 Å². The molecule has 12 nitrogen and oxygen atoms in total. The molecule has 77 valence electrons. The minimum Gasteiger partial charge on any atom is -0.356 e. The van der Waals surface area contributed by atoms with E-state index in [9.17, 15) is 0 Å². The first kappa shape index (κ1) is 29.2. The van der Waals surface area contributed by atoms with Gasteiger partial charge in [0.15, 0.2) is 0 Å². The van der Waals surface area contributed by atoms with Gasteiger partial charge in [0.1, 0.15) is 0 Å². The van der Waals surface area contributed by atoms with Crippen LogP contribution in [-0.2, 0) is 17.1 Å². The SMILES string of the molecule is O=[N+]([O-])[O-].O=[N+]([O-])[O-].O=[N+]([O-])[O-].[K+].[Mn+2]. The van der Waals surface area contributed by atoms with Crippen molar-refractivity contribution in [2.24, 2.45) is 0 Å². The minimum absolute atomic E-state index is 0. The summed E-state index contributed by atoms with van der Waals surface area (Å²) in [5.41, 5.74) is 0. The second-order valence-electron chi connectivity index (χ2n) is 0.671. The molecule has 1 radical (unpaired) electrons. The summed E-state index contributed by atoms with van der Waals surface area (Å²) >= 11 is 0. The van der Waals surface area contributed by atoms with Crippen molar-refractivity contribution in [3.8, 4) is 0 Å². The molecule has 0 saturated heterocycles. The Labute approximate surface area is 128 Å². The van der Waals surface area contributed by atoms with Gasteiger partial charge in [0.2, 0.25) is 0 Å². The van der Waals surface area contributed by atoms with Crippen molar-refractivity contribution in [2.45, 2.75) is 0 Å². The molecule has 0 N–H and O–H groups in total. The van der Waals surface area contributed by atoms with Crippen LogP contribution in [-0.4, -0.2) is 15.3 Å². The largest absolute Gasteiger partial charge is 2.00 e. The van der Waals surface area contributed by atoms with E-state index >= 15 is 0 Å². The molecule has 0 spiro atoms. The molecule has 0 unspecified atom stereocenters. The quantitative estimate of drug-likeness (QED) is 0.243. The van der Waals surface area contributed by atoms with Gasteiger partial charge in [-0.3, -0.25) is 0 Å². The zero-order valence-electron chi connectivity index (χ0n) is 6.39. The van der Waals surface area contributed by atoms with Crippen LogP contribution in [0.2, 0.25) is 0 Å². The van der Waals surface area contributed by atoms with E-state index < -0.39 is 15.3 Å². The van der Waals surface area contributed by atoms with Gasteiger partial charge < -0.3 is 46.0 Å². The molecule has 0 aliphatic carbocycles. The first-order valence-electron chi connectivity index (χ1n) is 1.64. The summed E-state index contributed by atoms with van der Waals surface area (Å²) in [4.78, 5) is 24.8. The minimum atomic E-state index is -1.75. The predicted octanol–water partition coefficient (Wildman–Crippen LogP) is -3.72. The number of hydrogen-bond donors (Lipinski definition) is 0. The summed E-state index contributed by atoms with van der Waals surface area (Å²) in [6.07, 6.45) is 0. The number of nitrogens with zero attached hydrogens (tertiary/aromatic N) is 3. The monoisotopic (exact) mass is 280 g/mol. The van der Waals surface area contributed by atoms with E-state index in [-0.39, 0.29) is 68.5 Å². The van der Waals surface area contributed by atoms with Gasteiger partial charge in [-0.1, -0.05) is 0 Å². The molecule has 0 rings (SSSR count). The number of rotatable bonds is 0. The summed E-state index contributed by atoms with van der Waals surface area (Å²) in [6, 6.07) is 0. The first-order chi connectivity index (χ1) is 5.20. The zero-order chi connectivity index (χ0) is 10.7. The van der Waals surface area contributed by atoms with Crippen LogP contribution in [0.3, 0.4) is 0 Å². The Bertz CT molecular complexity index is 118. The van der Waals surface area contributed by atoms with Crippen molar-refractivity contribution in [3.63, 3.8) is 0 Å². The molecule has 0 aromatic carbocycles. The predicted molar refractivity (Wildman–Crippen MR) is 31.1 cm³/mol. The van der Waals surface area contributed by atoms with Gasteiger partial charge in [0.25, 0.3) is 0 Å². The molecular weight excluding hydrogens is 280 g/mol. The second-order valence-corrected chi connectivity index (χ2v) is 0.671. The Balaban J connectivity index is -0.0000000270. The van der Waals surface area contributed by atoms with Gasteiger partial charge in [0.05, 0.1) is 15.3 Å². The Kier molecular flexibility index (Phi) is 48.0. The average molecular weight is 280 g/mol. The fraction of sp³-hybridized carbons (Fsp3) is 0. The molecule has 0 aromatic rings. The zero-order valence-corrected chi connectivity index (χ0v) is 10.7. The molecule has 0 heterocycles. The normalized spacial score (nSPS) is 5.14. The van der Waals surface area contributed by atoms with Gasteiger partial charge >= 0.3 is 68.5 Å². The van der Waals surface area contributed by atoms with E-state index in [4.69, 9.17) is 46.0 Å². The third kappa shape index (κ3) is 22800. The molecule has 0 atom stereocenters. The van der Waals surface area contributed by atoms with Crippen LogP contribution in [0, 0.1) is 46.0 Å². The van der Waals surface area contributed by atoms with Crippen LogP contribution in [0.1, 0.15) is 0 Å². The fourth-order valence-electron chi connectivity index (χ4n) is 0. The van der Waals surface area contributed by atoms with Gasteiger partial charge in [-0.05, 0) is 0 Å². The van der Waals surface area contributed by atoms with E-state index in [1.54, 1.807) is 0 Å². The summed E-state index contributed by atoms with van der Waals surface area (Å²) in [5.74, 6) is 0. The molecular formula is KMnN3O9. The standard InChI is InChI=1S/K.Mn.3NO3/c;;3*2-1(3)4/q+1;+2;3*-1. The first-order valence-corrected chi connectivity index (χ1v) is 1.64. The van der Waals surface area contributed by atoms with Crippen molar-refractivity contribution < 1.29 is 83.7 Å².